The van der Waals surface area contributed by atoms with Crippen LogP contribution < -0.4 is 0 Å². The third-order valence-electron chi connectivity index (χ3n) is 5.17. The Morgan fingerprint density at radius 3 is 2.79 bits per heavy atom. The fourth-order valence-corrected chi connectivity index (χ4v) is 3.61. The van der Waals surface area contributed by atoms with Gasteiger partial charge in [-0.15, -0.1) is 10.2 Å². The normalized spacial score (nSPS) is 18.5. The van der Waals surface area contributed by atoms with Crippen molar-refractivity contribution in [2.24, 2.45) is 0 Å². The monoisotopic (exact) mass is 328 g/mol. The zero-order valence-electron chi connectivity index (χ0n) is 14.1. The Hall–Kier alpha value is -2.15. The molecule has 128 valence electrons. The fourth-order valence-electron chi connectivity index (χ4n) is 3.61. The van der Waals surface area contributed by atoms with Gasteiger partial charge in [-0.25, -0.2) is 0 Å². The first-order valence-corrected chi connectivity index (χ1v) is 8.72. The van der Waals surface area contributed by atoms with Crippen molar-refractivity contribution in [2.45, 2.75) is 45.4 Å². The van der Waals surface area contributed by atoms with E-state index in [9.17, 15) is 4.79 Å². The van der Waals surface area contributed by atoms with Gasteiger partial charge in [0.15, 0.2) is 0 Å². The lowest BCUT2D eigenvalue weighted by molar-refractivity contribution is -0.139. The highest BCUT2D eigenvalue weighted by atomic mass is 16.2. The smallest absolute Gasteiger partial charge is 0.222 e. The highest BCUT2D eigenvalue weighted by Gasteiger charge is 2.36. The zero-order valence-corrected chi connectivity index (χ0v) is 14.1. The van der Waals surface area contributed by atoms with E-state index in [1.165, 1.54) is 0 Å². The van der Waals surface area contributed by atoms with E-state index in [-0.39, 0.29) is 5.91 Å². The van der Waals surface area contributed by atoms with Crippen molar-refractivity contribution in [3.63, 3.8) is 0 Å². The van der Waals surface area contributed by atoms with E-state index in [1.807, 2.05) is 36.4 Å². The molecular formula is C17H24N6O. The highest BCUT2D eigenvalue weighted by Crippen LogP contribution is 2.21. The molecule has 4 heterocycles. The third kappa shape index (κ3) is 2.96. The molecule has 7 nitrogen and oxygen atoms in total. The summed E-state index contributed by atoms with van der Waals surface area (Å²) in [7, 11) is 0. The van der Waals surface area contributed by atoms with Gasteiger partial charge in [0.2, 0.25) is 5.91 Å². The van der Waals surface area contributed by atoms with Crippen molar-refractivity contribution in [1.29, 1.82) is 0 Å². The van der Waals surface area contributed by atoms with Crippen molar-refractivity contribution in [3.05, 3.63) is 36.2 Å². The van der Waals surface area contributed by atoms with Crippen molar-refractivity contribution >= 4 is 5.91 Å². The second-order valence-corrected chi connectivity index (χ2v) is 6.76. The molecule has 2 aliphatic heterocycles. The number of hydrogen-bond donors (Lipinski definition) is 0. The average molecular weight is 328 g/mol. The van der Waals surface area contributed by atoms with Gasteiger partial charge >= 0.3 is 0 Å². The van der Waals surface area contributed by atoms with Gasteiger partial charge in [-0.1, -0.05) is 0 Å². The standard InChI is InChI=1S/C17H24N6O/c1-14-18-19-16-13-21(9-10-23(14)16)15-11-22(12-15)17(24)5-4-8-20-6-2-3-7-20/h2-3,6-7,15H,4-5,8-13H2,1H3. The maximum Gasteiger partial charge on any atom is 0.222 e. The van der Waals surface area contributed by atoms with Crippen LogP contribution in [0.15, 0.2) is 24.5 Å². The topological polar surface area (TPSA) is 59.2 Å². The van der Waals surface area contributed by atoms with Crippen LogP contribution in [0.3, 0.4) is 0 Å². The van der Waals surface area contributed by atoms with Crippen molar-refractivity contribution in [1.82, 2.24) is 29.1 Å². The van der Waals surface area contributed by atoms with E-state index in [2.05, 4.69) is 24.2 Å². The lowest BCUT2D eigenvalue weighted by Gasteiger charge is -2.46. The summed E-state index contributed by atoms with van der Waals surface area (Å²) in [6.07, 6.45) is 5.63. The molecule has 24 heavy (non-hydrogen) atoms. The average Bonchev–Trinajstić information content (AvgIpc) is 3.16. The number of fused-ring (bicyclic) bond motifs is 1. The lowest BCUT2D eigenvalue weighted by atomic mass is 10.0. The van der Waals surface area contributed by atoms with E-state index in [4.69, 9.17) is 0 Å². The second kappa shape index (κ2) is 6.39. The van der Waals surface area contributed by atoms with Crippen LogP contribution in [-0.2, 0) is 24.4 Å². The number of aryl methyl sites for hydroxylation is 2. The predicted molar refractivity (Wildman–Crippen MR) is 89.2 cm³/mol. The van der Waals surface area contributed by atoms with Gasteiger partial charge in [-0.2, -0.15) is 0 Å². The molecule has 1 saturated heterocycles. The Kier molecular flexibility index (Phi) is 4.10. The van der Waals surface area contributed by atoms with Crippen LogP contribution >= 0.6 is 0 Å². The van der Waals surface area contributed by atoms with Crippen LogP contribution in [0.4, 0.5) is 0 Å². The van der Waals surface area contributed by atoms with Gasteiger partial charge in [0.1, 0.15) is 11.6 Å². The van der Waals surface area contributed by atoms with Gasteiger partial charge in [-0.3, -0.25) is 9.69 Å². The summed E-state index contributed by atoms with van der Waals surface area (Å²) in [4.78, 5) is 16.7. The van der Waals surface area contributed by atoms with Crippen molar-refractivity contribution < 1.29 is 4.79 Å². The van der Waals surface area contributed by atoms with E-state index in [0.29, 0.717) is 12.5 Å². The molecule has 0 bridgehead atoms. The maximum atomic E-state index is 12.3. The largest absolute Gasteiger partial charge is 0.354 e. The molecule has 4 rings (SSSR count). The minimum Gasteiger partial charge on any atom is -0.354 e. The Bertz CT molecular complexity index is 701. The van der Waals surface area contributed by atoms with E-state index in [1.54, 1.807) is 0 Å². The van der Waals surface area contributed by atoms with Crippen molar-refractivity contribution in [3.8, 4) is 0 Å². The number of likely N-dealkylation sites (tertiary alicyclic amines) is 1. The zero-order chi connectivity index (χ0) is 16.5. The maximum absolute atomic E-state index is 12.3. The highest BCUT2D eigenvalue weighted by molar-refractivity contribution is 5.77. The van der Waals surface area contributed by atoms with Gasteiger partial charge in [0.05, 0.1) is 6.54 Å². The molecule has 0 aromatic carbocycles. The first-order valence-electron chi connectivity index (χ1n) is 8.72. The number of carbonyl (C=O) groups excluding carboxylic acids is 1. The molecule has 0 aliphatic carbocycles. The van der Waals surface area contributed by atoms with E-state index >= 15 is 0 Å². The molecule has 0 N–H and O–H groups in total. The lowest BCUT2D eigenvalue weighted by Crippen LogP contribution is -2.62. The number of hydrogen-bond acceptors (Lipinski definition) is 4. The summed E-state index contributed by atoms with van der Waals surface area (Å²) in [5.74, 6) is 2.34. The minimum atomic E-state index is 0.287. The van der Waals surface area contributed by atoms with Crippen LogP contribution in [0.2, 0.25) is 0 Å². The van der Waals surface area contributed by atoms with E-state index < -0.39 is 0 Å². The molecular weight excluding hydrogens is 304 g/mol. The summed E-state index contributed by atoms with van der Waals surface area (Å²) in [6, 6.07) is 4.51. The van der Waals surface area contributed by atoms with Crippen molar-refractivity contribution in [2.75, 3.05) is 19.6 Å². The molecule has 2 aliphatic rings. The third-order valence-corrected chi connectivity index (χ3v) is 5.17. The van der Waals surface area contributed by atoms with Crippen LogP contribution in [0.5, 0.6) is 0 Å². The first kappa shape index (κ1) is 15.4. The second-order valence-electron chi connectivity index (χ2n) is 6.76. The van der Waals surface area contributed by atoms with Crippen LogP contribution in [0.25, 0.3) is 0 Å². The Morgan fingerprint density at radius 1 is 1.21 bits per heavy atom. The summed E-state index contributed by atoms with van der Waals surface area (Å²) < 4.78 is 4.32. The number of aromatic nitrogens is 4. The van der Waals surface area contributed by atoms with Gasteiger partial charge < -0.3 is 14.0 Å². The molecule has 2 aromatic heterocycles. The summed E-state index contributed by atoms with van der Waals surface area (Å²) in [5.41, 5.74) is 0. The van der Waals surface area contributed by atoms with Gasteiger partial charge in [0.25, 0.3) is 0 Å². The van der Waals surface area contributed by atoms with Crippen LogP contribution in [0, 0.1) is 6.92 Å². The molecule has 0 atom stereocenters. The Morgan fingerprint density at radius 2 is 2.00 bits per heavy atom. The molecule has 1 amide bonds. The summed E-state index contributed by atoms with van der Waals surface area (Å²) in [5, 5.41) is 8.41. The quantitative estimate of drug-likeness (QED) is 0.818. The molecule has 1 fully saturated rings. The molecule has 2 aromatic rings. The number of carbonyl (C=O) groups is 1. The fraction of sp³-hybridized carbons (Fsp3) is 0.588. The Labute approximate surface area is 141 Å². The predicted octanol–water partition coefficient (Wildman–Crippen LogP) is 0.895. The van der Waals surface area contributed by atoms with Crippen LogP contribution in [0.1, 0.15) is 24.5 Å². The molecule has 0 unspecified atom stereocenters. The van der Waals surface area contributed by atoms with E-state index in [0.717, 1.165) is 57.3 Å². The Balaban J connectivity index is 1.21. The van der Waals surface area contributed by atoms with Gasteiger partial charge in [-0.05, 0) is 25.5 Å². The number of amides is 1. The number of nitrogens with zero attached hydrogens (tertiary/aromatic N) is 6. The molecule has 0 spiro atoms. The number of rotatable bonds is 5. The molecule has 0 saturated carbocycles. The molecule has 7 heteroatoms. The summed E-state index contributed by atoms with van der Waals surface area (Å²) in [6.45, 7) is 7.45. The molecule has 0 radical (unpaired) electrons. The SMILES string of the molecule is Cc1nnc2n1CCN(C1CN(C(=O)CCCn3cccc3)C1)C2. The summed E-state index contributed by atoms with van der Waals surface area (Å²) >= 11 is 0. The minimum absolute atomic E-state index is 0.287. The van der Waals surface area contributed by atoms with Gasteiger partial charge in [0, 0.05) is 57.6 Å². The van der Waals surface area contributed by atoms with Crippen LogP contribution in [-0.4, -0.2) is 60.7 Å². The first-order chi connectivity index (χ1) is 11.7.